The summed E-state index contributed by atoms with van der Waals surface area (Å²) in [4.78, 5) is 50.7. The van der Waals surface area contributed by atoms with Crippen LogP contribution in [-0.2, 0) is 9.59 Å². The van der Waals surface area contributed by atoms with Crippen LogP contribution in [0.1, 0.15) is 12.8 Å². The first-order valence-corrected chi connectivity index (χ1v) is 14.3. The largest absolute Gasteiger partial charge is 0.457 e. The number of likely N-dealkylation sites (N-methyl/N-ethyl adjacent to an activating group) is 1. The van der Waals surface area contributed by atoms with Gasteiger partial charge in [-0.05, 0) is 74.5 Å². The minimum absolute atomic E-state index is 0.200. The van der Waals surface area contributed by atoms with E-state index < -0.39 is 23.0 Å². The monoisotopic (exact) mass is 587 g/mol. The van der Waals surface area contributed by atoms with Crippen LogP contribution in [0.5, 0.6) is 11.5 Å². The van der Waals surface area contributed by atoms with Crippen LogP contribution in [0.2, 0.25) is 0 Å². The number of carbonyl (C=O) groups is 3. The fraction of sp³-hybridized carbons (Fsp3) is 0.355. The van der Waals surface area contributed by atoms with Gasteiger partial charge in [0, 0.05) is 68.9 Å². The minimum atomic E-state index is -1.26. The lowest BCUT2D eigenvalue weighted by Crippen LogP contribution is -2.62. The highest BCUT2D eigenvalue weighted by molar-refractivity contribution is 6.16. The van der Waals surface area contributed by atoms with E-state index in [4.69, 9.17) is 10.5 Å². The van der Waals surface area contributed by atoms with Crippen molar-refractivity contribution in [3.63, 3.8) is 0 Å². The van der Waals surface area contributed by atoms with Crippen LogP contribution in [-0.4, -0.2) is 89.9 Å². The maximum atomic E-state index is 13.6. The van der Waals surface area contributed by atoms with Crippen LogP contribution in [0.25, 0.3) is 0 Å². The zero-order valence-corrected chi connectivity index (χ0v) is 23.9. The Morgan fingerprint density at radius 3 is 2.16 bits per heavy atom. The summed E-state index contributed by atoms with van der Waals surface area (Å²) in [6, 6.07) is 15.9. The van der Waals surface area contributed by atoms with Crippen molar-refractivity contribution in [3.05, 3.63) is 72.7 Å². The lowest BCUT2D eigenvalue weighted by atomic mass is 10.0. The summed E-state index contributed by atoms with van der Waals surface area (Å²) in [6.45, 7) is 5.18. The van der Waals surface area contributed by atoms with E-state index in [1.807, 2.05) is 0 Å². The van der Waals surface area contributed by atoms with Gasteiger partial charge >= 0.3 is 6.03 Å². The summed E-state index contributed by atoms with van der Waals surface area (Å²) in [5.74, 6) is -0.248. The quantitative estimate of drug-likeness (QED) is 0.387. The molecule has 1 aliphatic carbocycles. The molecule has 1 saturated carbocycles. The molecule has 0 bridgehead atoms. The van der Waals surface area contributed by atoms with Gasteiger partial charge in [0.1, 0.15) is 28.5 Å². The Labute approximate surface area is 249 Å². The SMILES string of the molecule is CN1CC(N2CCN(C(=O)Nc3cc(Oc4ccc(N(C(=O)C5(C(N)=O)CC5)c5ccc(F)cc5)cc4)ccn3)CC2)C1. The normalized spacial score (nSPS) is 18.4. The zero-order chi connectivity index (χ0) is 30.1. The number of nitrogens with zero attached hydrogens (tertiary/aromatic N) is 5. The highest BCUT2D eigenvalue weighted by atomic mass is 19.1. The van der Waals surface area contributed by atoms with Gasteiger partial charge in [-0.2, -0.15) is 0 Å². The number of urea groups is 1. The lowest BCUT2D eigenvalue weighted by Gasteiger charge is -2.46. The Morgan fingerprint density at radius 2 is 1.58 bits per heavy atom. The van der Waals surface area contributed by atoms with Crippen molar-refractivity contribution < 1.29 is 23.5 Å². The first kappa shape index (κ1) is 28.6. The van der Waals surface area contributed by atoms with E-state index >= 15 is 0 Å². The van der Waals surface area contributed by atoms with Crippen LogP contribution >= 0.6 is 0 Å². The van der Waals surface area contributed by atoms with E-state index in [1.165, 1.54) is 29.2 Å². The van der Waals surface area contributed by atoms with E-state index in [0.717, 1.165) is 26.2 Å². The Hall–Kier alpha value is -4.55. The minimum Gasteiger partial charge on any atom is -0.457 e. The molecule has 3 N–H and O–H groups in total. The van der Waals surface area contributed by atoms with Crippen molar-refractivity contribution in [2.75, 3.05) is 56.5 Å². The second-order valence-corrected chi connectivity index (χ2v) is 11.4. The van der Waals surface area contributed by atoms with E-state index in [1.54, 1.807) is 47.5 Å². The predicted octanol–water partition coefficient (Wildman–Crippen LogP) is 3.41. The number of hydrogen-bond acceptors (Lipinski definition) is 7. The maximum absolute atomic E-state index is 13.6. The molecule has 0 unspecified atom stereocenters. The van der Waals surface area contributed by atoms with E-state index in [0.29, 0.717) is 60.7 Å². The van der Waals surface area contributed by atoms with Crippen LogP contribution < -0.4 is 20.7 Å². The van der Waals surface area contributed by atoms with Crippen molar-refractivity contribution in [2.24, 2.45) is 11.1 Å². The molecule has 3 heterocycles. The molecular formula is C31H34FN7O4. The number of likely N-dealkylation sites (tertiary alicyclic amines) is 1. The molecule has 2 aliphatic heterocycles. The summed E-state index contributed by atoms with van der Waals surface area (Å²) in [5.41, 5.74) is 5.20. The van der Waals surface area contributed by atoms with E-state index in [2.05, 4.69) is 27.1 Å². The molecule has 4 amide bonds. The number of pyridine rings is 1. The summed E-state index contributed by atoms with van der Waals surface area (Å²) >= 11 is 0. The molecule has 43 heavy (non-hydrogen) atoms. The summed E-state index contributed by atoms with van der Waals surface area (Å²) in [7, 11) is 2.11. The number of carbonyl (C=O) groups excluding carboxylic acids is 3. The third-order valence-electron chi connectivity index (χ3n) is 8.38. The van der Waals surface area contributed by atoms with Gasteiger partial charge in [0.25, 0.3) is 0 Å². The first-order chi connectivity index (χ1) is 20.7. The molecular weight excluding hydrogens is 553 g/mol. The molecule has 0 spiro atoms. The molecule has 224 valence electrons. The molecule has 3 aromatic rings. The Balaban J connectivity index is 1.10. The molecule has 6 rings (SSSR count). The van der Waals surface area contributed by atoms with Crippen molar-refractivity contribution >= 4 is 35.0 Å². The van der Waals surface area contributed by atoms with Crippen LogP contribution in [0.15, 0.2) is 66.9 Å². The van der Waals surface area contributed by atoms with Gasteiger partial charge in [0.2, 0.25) is 11.8 Å². The van der Waals surface area contributed by atoms with Gasteiger partial charge in [0.15, 0.2) is 0 Å². The Bertz CT molecular complexity index is 1500. The maximum Gasteiger partial charge on any atom is 0.323 e. The Morgan fingerprint density at radius 1 is 0.953 bits per heavy atom. The zero-order valence-electron chi connectivity index (χ0n) is 23.9. The number of hydrogen-bond donors (Lipinski definition) is 2. The Kier molecular flexibility index (Phi) is 7.72. The smallest absolute Gasteiger partial charge is 0.323 e. The number of benzene rings is 2. The number of primary amides is 1. The molecule has 2 aromatic carbocycles. The fourth-order valence-corrected chi connectivity index (χ4v) is 5.60. The van der Waals surface area contributed by atoms with Gasteiger partial charge < -0.3 is 20.3 Å². The summed E-state index contributed by atoms with van der Waals surface area (Å²) < 4.78 is 19.6. The number of halogens is 1. The molecule has 2 saturated heterocycles. The molecule has 11 nitrogen and oxygen atoms in total. The average molecular weight is 588 g/mol. The second kappa shape index (κ2) is 11.6. The van der Waals surface area contributed by atoms with E-state index in [9.17, 15) is 18.8 Å². The lowest BCUT2D eigenvalue weighted by molar-refractivity contribution is -0.133. The highest BCUT2D eigenvalue weighted by Gasteiger charge is 2.57. The molecule has 1 aromatic heterocycles. The van der Waals surface area contributed by atoms with Gasteiger partial charge in [-0.25, -0.2) is 14.2 Å². The van der Waals surface area contributed by atoms with Crippen molar-refractivity contribution in [1.82, 2.24) is 19.7 Å². The predicted molar refractivity (Wildman–Crippen MR) is 159 cm³/mol. The van der Waals surface area contributed by atoms with Crippen molar-refractivity contribution in [1.29, 1.82) is 0 Å². The van der Waals surface area contributed by atoms with Gasteiger partial charge in [-0.3, -0.25) is 24.7 Å². The third-order valence-corrected chi connectivity index (χ3v) is 8.38. The average Bonchev–Trinajstić information content (AvgIpc) is 3.80. The standard InChI is InChI=1S/C31H34FN7O4/c1-36-19-24(20-36)37-14-16-38(17-15-37)30(42)35-27-18-26(10-13-34-27)43-25-8-6-23(7-9-25)39(22-4-2-21(32)3-5-22)29(41)31(11-12-31)28(33)40/h2-10,13,18,24H,11-12,14-17,19-20H2,1H3,(H2,33,40)(H,34,35,42). The molecule has 12 heteroatoms. The number of anilines is 3. The number of rotatable bonds is 8. The third kappa shape index (κ3) is 6.02. The molecule has 0 atom stereocenters. The number of nitrogens with two attached hydrogens (primary N) is 1. The topological polar surface area (TPSA) is 124 Å². The van der Waals surface area contributed by atoms with Crippen LogP contribution in [0.3, 0.4) is 0 Å². The van der Waals surface area contributed by atoms with E-state index in [-0.39, 0.29) is 6.03 Å². The second-order valence-electron chi connectivity index (χ2n) is 11.4. The van der Waals surface area contributed by atoms with Crippen LogP contribution in [0.4, 0.5) is 26.4 Å². The van der Waals surface area contributed by atoms with Gasteiger partial charge in [-0.1, -0.05) is 0 Å². The summed E-state index contributed by atoms with van der Waals surface area (Å²) in [5, 5.41) is 2.87. The number of aromatic nitrogens is 1. The number of piperazine rings is 1. The number of nitrogens with one attached hydrogen (secondary N) is 1. The molecule has 3 aliphatic rings. The van der Waals surface area contributed by atoms with Gasteiger partial charge in [-0.15, -0.1) is 0 Å². The number of ether oxygens (including phenoxy) is 1. The van der Waals surface area contributed by atoms with Crippen LogP contribution in [0, 0.1) is 11.2 Å². The van der Waals surface area contributed by atoms with Crippen molar-refractivity contribution in [3.8, 4) is 11.5 Å². The van der Waals surface area contributed by atoms with Gasteiger partial charge in [0.05, 0.1) is 0 Å². The summed E-state index contributed by atoms with van der Waals surface area (Å²) in [6.07, 6.45) is 2.29. The fourth-order valence-electron chi connectivity index (χ4n) is 5.60. The van der Waals surface area contributed by atoms with Crippen molar-refractivity contribution in [2.45, 2.75) is 18.9 Å². The highest BCUT2D eigenvalue weighted by Crippen LogP contribution is 2.49. The number of amides is 4. The molecule has 3 fully saturated rings. The molecule has 0 radical (unpaired) electrons. The first-order valence-electron chi connectivity index (χ1n) is 14.3.